The molecule has 8 heteroatoms. The minimum atomic E-state index is -0.715. The molecule has 0 saturated heterocycles. The fraction of sp³-hybridized carbons (Fsp3) is 0.170. The Kier molecular flexibility index (Phi) is 9.51. The average molecular weight is 725 g/mol. The van der Waals surface area contributed by atoms with Crippen LogP contribution in [0, 0.1) is 17.9 Å². The van der Waals surface area contributed by atoms with Crippen LogP contribution in [0.3, 0.4) is 0 Å². The maximum absolute atomic E-state index is 13.7. The Hall–Kier alpha value is -6.87. The summed E-state index contributed by atoms with van der Waals surface area (Å²) in [6.07, 6.45) is 6.56. The van der Waals surface area contributed by atoms with Crippen molar-refractivity contribution in [3.8, 4) is 29.1 Å². The molecule has 0 radical (unpaired) electrons. The van der Waals surface area contributed by atoms with E-state index in [2.05, 4.69) is 23.0 Å². The van der Waals surface area contributed by atoms with Crippen molar-refractivity contribution in [2.45, 2.75) is 31.1 Å². The summed E-state index contributed by atoms with van der Waals surface area (Å²) >= 11 is 0. The molecule has 1 unspecified atom stereocenters. The van der Waals surface area contributed by atoms with E-state index in [9.17, 15) is 10.1 Å². The summed E-state index contributed by atoms with van der Waals surface area (Å²) < 4.78 is 16.8. The molecule has 0 saturated carbocycles. The molecule has 0 N–H and O–H groups in total. The number of fused-ring (bicyclic) bond motifs is 6. The quantitative estimate of drug-likeness (QED) is 0.0264. The highest BCUT2D eigenvalue weighted by molar-refractivity contribution is 5.98. The molecule has 2 aliphatic rings. The third-order valence-corrected chi connectivity index (χ3v) is 10.7. The number of benzene rings is 6. The second-order valence-electron chi connectivity index (χ2n) is 13.8. The van der Waals surface area contributed by atoms with Crippen LogP contribution in [0.15, 0.2) is 120 Å². The number of hydrogen-bond donors (Lipinski definition) is 0. The van der Waals surface area contributed by atoms with Gasteiger partial charge < -0.3 is 19.1 Å². The lowest BCUT2D eigenvalue weighted by Crippen LogP contribution is -2.24. The molecule has 0 amide bonds. The summed E-state index contributed by atoms with van der Waals surface area (Å²) in [6, 6.07) is 37.3. The number of ether oxygens (including phenoxy) is 3. The first kappa shape index (κ1) is 35.2. The van der Waals surface area contributed by atoms with Crippen LogP contribution in [0.5, 0.6) is 23.0 Å². The average Bonchev–Trinajstić information content (AvgIpc) is 3.80. The number of nitrogens with zero attached hydrogens (tertiary/aromatic N) is 2. The Morgan fingerprint density at radius 1 is 0.745 bits per heavy atom. The first-order valence-corrected chi connectivity index (χ1v) is 18.0. The fourth-order valence-electron chi connectivity index (χ4n) is 8.09. The second kappa shape index (κ2) is 14.9. The van der Waals surface area contributed by atoms with Gasteiger partial charge in [0.15, 0.2) is 5.75 Å². The molecule has 6 aromatic rings. The minimum absolute atomic E-state index is 0.0512. The zero-order valence-corrected chi connectivity index (χ0v) is 30.4. The van der Waals surface area contributed by atoms with Gasteiger partial charge in [0.25, 0.3) is 5.70 Å². The smallest absolute Gasteiger partial charge is 0.341 e. The fourth-order valence-corrected chi connectivity index (χ4v) is 8.09. The van der Waals surface area contributed by atoms with Crippen LogP contribution in [-0.4, -0.2) is 26.8 Å². The number of carbonyl (C=O) groups is 1. The third kappa shape index (κ3) is 6.76. The number of rotatable bonds is 10. The molecular formula is C47H36N2O6. The Labute approximate surface area is 319 Å². The lowest BCUT2D eigenvalue weighted by Gasteiger charge is -2.29. The summed E-state index contributed by atoms with van der Waals surface area (Å²) in [5, 5.41) is 14.0. The van der Waals surface area contributed by atoms with Crippen molar-refractivity contribution < 1.29 is 28.8 Å². The minimum Gasteiger partial charge on any atom is -0.497 e. The molecule has 0 aromatic heterocycles. The number of carbonyl (C=O) groups excluding carboxylic acids is 1. The predicted octanol–water partition coefficient (Wildman–Crippen LogP) is 9.97. The Balaban J connectivity index is 1.03. The molecule has 270 valence electrons. The van der Waals surface area contributed by atoms with E-state index in [-0.39, 0.29) is 12.3 Å². The van der Waals surface area contributed by atoms with Crippen LogP contribution in [0.1, 0.15) is 46.2 Å². The molecule has 55 heavy (non-hydrogen) atoms. The topological polar surface area (TPSA) is 91.4 Å². The van der Waals surface area contributed by atoms with E-state index >= 15 is 0 Å². The zero-order chi connectivity index (χ0) is 37.9. The van der Waals surface area contributed by atoms with E-state index in [1.165, 1.54) is 0 Å². The van der Waals surface area contributed by atoms with Gasteiger partial charge in [-0.1, -0.05) is 60.7 Å². The SMILES string of the molecule is [C-]#[N+]C(=Cc1ccc2cc(OC)ccc2c1)C(=O)Oc1cccc2c1C1(CCc3cccc(OOC/C(C#N)=C/c4ccc5cc(OC)ccc5c4)c31)CC2. The summed E-state index contributed by atoms with van der Waals surface area (Å²) in [7, 11) is 3.27. The highest BCUT2D eigenvalue weighted by atomic mass is 17.2. The van der Waals surface area contributed by atoms with E-state index in [4.69, 9.17) is 30.6 Å². The van der Waals surface area contributed by atoms with Crippen LogP contribution in [0.4, 0.5) is 0 Å². The standard InChI is InChI=1S/C47H36N2O6/c1-49-41(25-31-11-13-38-27-40(52-3)17-15-36(38)24-31)46(50)54-42-8-4-6-33-18-20-47(44(33)42)21-19-34-7-5-9-43(45(34)47)55-53-29-32(28-48)22-30-10-12-37-26-39(51-2)16-14-35(37)23-30/h4-17,22-27H,18-21,29H2,2-3H3/b32-22+,41-25?. The molecular weight excluding hydrogens is 689 g/mol. The molecule has 6 aromatic carbocycles. The van der Waals surface area contributed by atoms with Crippen molar-refractivity contribution in [2.75, 3.05) is 20.8 Å². The van der Waals surface area contributed by atoms with Gasteiger partial charge in [0.05, 0.1) is 32.4 Å². The molecule has 0 aliphatic heterocycles. The molecule has 1 atom stereocenters. The van der Waals surface area contributed by atoms with Gasteiger partial charge in [-0.05, 0) is 130 Å². The maximum Gasteiger partial charge on any atom is 0.341 e. The van der Waals surface area contributed by atoms with Crippen LogP contribution >= 0.6 is 0 Å². The number of hydrogen-bond acceptors (Lipinski definition) is 7. The van der Waals surface area contributed by atoms with Crippen molar-refractivity contribution in [3.63, 3.8) is 0 Å². The Morgan fingerprint density at radius 2 is 1.29 bits per heavy atom. The van der Waals surface area contributed by atoms with Crippen LogP contribution < -0.4 is 19.1 Å². The van der Waals surface area contributed by atoms with Crippen LogP contribution in [0.25, 0.3) is 38.5 Å². The van der Waals surface area contributed by atoms with Gasteiger partial charge in [-0.3, -0.25) is 4.79 Å². The van der Waals surface area contributed by atoms with Crippen LogP contribution in [-0.2, 0) is 27.9 Å². The summed E-state index contributed by atoms with van der Waals surface area (Å²) in [5.41, 5.74) is 5.56. The van der Waals surface area contributed by atoms with Gasteiger partial charge in [-0.25, -0.2) is 4.85 Å². The lowest BCUT2D eigenvalue weighted by atomic mass is 9.76. The van der Waals surface area contributed by atoms with E-state index in [1.807, 2.05) is 91.0 Å². The molecule has 0 fully saturated rings. The first-order chi connectivity index (χ1) is 26.9. The largest absolute Gasteiger partial charge is 0.497 e. The number of esters is 1. The number of methoxy groups -OCH3 is 2. The second-order valence-corrected chi connectivity index (χ2v) is 13.8. The Bertz CT molecular complexity index is 2640. The summed E-state index contributed by atoms with van der Waals surface area (Å²) in [6.45, 7) is 7.81. The molecule has 2 aliphatic carbocycles. The van der Waals surface area contributed by atoms with Gasteiger partial charge in [0.2, 0.25) is 0 Å². The van der Waals surface area contributed by atoms with E-state index in [0.717, 1.165) is 92.1 Å². The zero-order valence-electron chi connectivity index (χ0n) is 30.4. The van der Waals surface area contributed by atoms with Crippen molar-refractivity contribution >= 4 is 39.7 Å². The summed E-state index contributed by atoms with van der Waals surface area (Å²) in [5.74, 6) is 1.83. The molecule has 0 heterocycles. The molecule has 8 nitrogen and oxygen atoms in total. The van der Waals surface area contributed by atoms with Gasteiger partial charge in [0, 0.05) is 16.5 Å². The summed E-state index contributed by atoms with van der Waals surface area (Å²) in [4.78, 5) is 29.0. The molecule has 8 rings (SSSR count). The van der Waals surface area contributed by atoms with E-state index in [1.54, 1.807) is 32.4 Å². The van der Waals surface area contributed by atoms with Gasteiger partial charge in [-0.2, -0.15) is 10.1 Å². The predicted molar refractivity (Wildman–Crippen MR) is 212 cm³/mol. The van der Waals surface area contributed by atoms with Gasteiger partial charge >= 0.3 is 5.97 Å². The highest BCUT2D eigenvalue weighted by Gasteiger charge is 2.49. The number of nitriles is 1. The van der Waals surface area contributed by atoms with Gasteiger partial charge in [0.1, 0.15) is 23.9 Å². The van der Waals surface area contributed by atoms with Gasteiger partial charge in [-0.15, -0.1) is 0 Å². The first-order valence-electron chi connectivity index (χ1n) is 18.0. The molecule has 1 spiro atoms. The van der Waals surface area contributed by atoms with Crippen molar-refractivity contribution in [3.05, 3.63) is 165 Å². The molecule has 0 bridgehead atoms. The third-order valence-electron chi connectivity index (χ3n) is 10.7. The highest BCUT2D eigenvalue weighted by Crippen LogP contribution is 2.57. The van der Waals surface area contributed by atoms with Crippen molar-refractivity contribution in [1.82, 2.24) is 0 Å². The van der Waals surface area contributed by atoms with Crippen molar-refractivity contribution in [2.24, 2.45) is 0 Å². The lowest BCUT2D eigenvalue weighted by molar-refractivity contribution is -0.197. The number of aryl methyl sites for hydroxylation is 2. The Morgan fingerprint density at radius 3 is 1.87 bits per heavy atom. The van der Waals surface area contributed by atoms with Crippen molar-refractivity contribution in [1.29, 1.82) is 5.26 Å². The monoisotopic (exact) mass is 724 g/mol. The van der Waals surface area contributed by atoms with E-state index < -0.39 is 11.4 Å². The normalized spacial score (nSPS) is 16.0. The maximum atomic E-state index is 13.7. The van der Waals surface area contributed by atoms with Crippen LogP contribution in [0.2, 0.25) is 0 Å². The van der Waals surface area contributed by atoms with E-state index in [0.29, 0.717) is 17.1 Å².